The molecular formula is C54H110NNaO22P-. The van der Waals surface area contributed by atoms with E-state index < -0.39 is 157 Å². The number of aliphatic hydroxyl groups excluding tert-OH is 13. The predicted octanol–water partition coefficient (Wildman–Crippen LogP) is -3.29. The third-order valence-electron chi connectivity index (χ3n) is 14.3. The molecule has 23 nitrogen and oxygen atoms in total. The standard InChI is InChI=1S/C16H29NO7.C11H22O4.C10H20O5.C10H20O4.C5H13O2P.2CH4.Na/c1-6-9(19)12(21)13-11(17-8(2)18)10(20)7-16(24-13,14(22)23)15(3,4)5;1-5-6-7(12)8(13)9(14)10(15-6)11(2,3)4;1-10(2,3)9-8(14)7(13)6(12)5(4-11)15-9;1-5-6(11)7(12)8(13)9(14-5)10(2,3)4;1-5(2,3)8(4,6)7;;;/h9-13,19-21H,6-7H2,1-5H3,(H,17,18)(H,22,23);6-10,12-14H,5H2,1-4H3;5-9,11-14H,4H2,1-3H3;5-9,11-13H,1-4H3;1-4H3,(H,6,7);2*1H4;/q;;;;;;;+1/p-2. The zero-order valence-electron chi connectivity index (χ0n) is 49.8. The van der Waals surface area contributed by atoms with Crippen LogP contribution in [0.3, 0.4) is 0 Å². The Labute approximate surface area is 494 Å². The van der Waals surface area contributed by atoms with E-state index in [1.54, 1.807) is 55.4 Å². The van der Waals surface area contributed by atoms with Crippen LogP contribution in [0.25, 0.3) is 0 Å². The second kappa shape index (κ2) is 33.4. The second-order valence-corrected chi connectivity index (χ2v) is 29.0. The number of amides is 1. The van der Waals surface area contributed by atoms with Crippen LogP contribution in [0.2, 0.25) is 0 Å². The molecule has 4 aliphatic rings. The fourth-order valence-corrected chi connectivity index (χ4v) is 8.66. The van der Waals surface area contributed by atoms with Gasteiger partial charge in [-0.2, -0.15) is 0 Å². The molecule has 470 valence electrons. The van der Waals surface area contributed by atoms with Gasteiger partial charge in [0.1, 0.15) is 78.8 Å². The molecule has 4 fully saturated rings. The van der Waals surface area contributed by atoms with Crippen LogP contribution < -0.4 is 44.9 Å². The van der Waals surface area contributed by atoms with Crippen LogP contribution in [0.15, 0.2) is 0 Å². The smallest absolute Gasteiger partial charge is 0.799 e. The van der Waals surface area contributed by atoms with Crippen molar-refractivity contribution < 1.29 is 139 Å². The van der Waals surface area contributed by atoms with Crippen molar-refractivity contribution in [1.82, 2.24) is 5.32 Å². The van der Waals surface area contributed by atoms with E-state index in [0.717, 1.165) is 0 Å². The van der Waals surface area contributed by atoms with Crippen LogP contribution in [0, 0.1) is 21.7 Å². The molecule has 0 aromatic rings. The van der Waals surface area contributed by atoms with E-state index in [0.29, 0.717) is 6.42 Å². The molecule has 4 rings (SSSR count). The summed E-state index contributed by atoms with van der Waals surface area (Å²) in [7, 11) is -3.10. The summed E-state index contributed by atoms with van der Waals surface area (Å²) in [5, 5.41) is 140. The number of aliphatic carboxylic acids is 1. The van der Waals surface area contributed by atoms with Gasteiger partial charge in [0.05, 0.1) is 61.3 Å². The van der Waals surface area contributed by atoms with Crippen LogP contribution in [0.5, 0.6) is 0 Å². The molecule has 14 N–H and O–H groups in total. The Morgan fingerprint density at radius 1 is 0.646 bits per heavy atom. The number of hydrogen-bond donors (Lipinski definition) is 14. The normalized spacial score (nSPS) is 36.6. The first kappa shape index (κ1) is 84.9. The number of carbonyl (C=O) groups excluding carboxylic acids is 2. The maximum atomic E-state index is 11.8. The van der Waals surface area contributed by atoms with E-state index >= 15 is 0 Å². The molecule has 0 radical (unpaired) electrons. The molecule has 0 saturated carbocycles. The minimum Gasteiger partial charge on any atom is -0.799 e. The topological polar surface area (TPSA) is 409 Å². The summed E-state index contributed by atoms with van der Waals surface area (Å²) in [6.07, 6.45) is -17.9. The molecule has 0 bridgehead atoms. The molecule has 1 amide bonds. The van der Waals surface area contributed by atoms with Gasteiger partial charge in [-0.25, -0.2) is 0 Å². The van der Waals surface area contributed by atoms with Crippen molar-refractivity contribution in [3.63, 3.8) is 0 Å². The number of carboxylic acid groups (broad SMARTS) is 1. The molecule has 0 aromatic heterocycles. The van der Waals surface area contributed by atoms with Gasteiger partial charge in [0.15, 0.2) is 0 Å². The SMILES string of the molecule is C.C.CC(C)(C)C1OC(CO)C(O)C(O)C1O.CC(C)(C)P(C)(=O)[O-].CC1OC(C(C)(C)C)C(O)C(O)C1O.CCC(O)C(O)C1OC(C(=O)[O-])(C(C)(C)C)CC(O)C1NC(C)=O.CCC1OC(C(C)(C)C)C(O)C(O)C1O.[Na+]. The second-order valence-electron chi connectivity index (χ2n) is 26.0. The number of carboxylic acids is 1. The van der Waals surface area contributed by atoms with Crippen LogP contribution in [0.1, 0.15) is 166 Å². The monoisotopic (exact) mass is 1180 g/mol. The Balaban J connectivity index is -0.000000457. The maximum Gasteiger partial charge on any atom is 1.00 e. The van der Waals surface area contributed by atoms with E-state index in [-0.39, 0.29) is 80.1 Å². The summed E-state index contributed by atoms with van der Waals surface area (Å²) in [6.45, 7) is 34.5. The molecule has 0 spiro atoms. The molecular weight excluding hydrogens is 1070 g/mol. The predicted molar refractivity (Wildman–Crippen MR) is 291 cm³/mol. The Hall–Kier alpha value is -0.550. The third-order valence-corrected chi connectivity index (χ3v) is 16.7. The summed E-state index contributed by atoms with van der Waals surface area (Å²) in [5.74, 6) is -1.99. The largest absolute Gasteiger partial charge is 1.00 e. The number of nitrogens with one attached hydrogen (secondary N) is 1. The van der Waals surface area contributed by atoms with Crippen molar-refractivity contribution in [1.29, 1.82) is 0 Å². The van der Waals surface area contributed by atoms with Crippen molar-refractivity contribution in [3.8, 4) is 0 Å². The van der Waals surface area contributed by atoms with Crippen LogP contribution >= 0.6 is 7.37 Å². The van der Waals surface area contributed by atoms with E-state index in [1.807, 2.05) is 69.2 Å². The van der Waals surface area contributed by atoms with Crippen molar-refractivity contribution >= 4 is 19.2 Å². The summed E-state index contributed by atoms with van der Waals surface area (Å²) in [6, 6.07) is -1.05. The molecule has 4 heterocycles. The average molecular weight is 1180 g/mol. The number of rotatable bonds is 7. The third kappa shape index (κ3) is 23.3. The number of aliphatic hydroxyl groups is 13. The van der Waals surface area contributed by atoms with Crippen molar-refractivity contribution in [2.75, 3.05) is 13.3 Å². The van der Waals surface area contributed by atoms with Gasteiger partial charge >= 0.3 is 29.6 Å². The Morgan fingerprint density at radius 3 is 1.28 bits per heavy atom. The average Bonchev–Trinajstić information content (AvgIpc) is 3.26. The minimum absolute atomic E-state index is 0. The first-order valence-corrected chi connectivity index (χ1v) is 28.2. The van der Waals surface area contributed by atoms with Crippen LogP contribution in [-0.4, -0.2) is 224 Å². The van der Waals surface area contributed by atoms with Gasteiger partial charge in [-0.1, -0.05) is 133 Å². The number of ether oxygens (including phenoxy) is 4. The van der Waals surface area contributed by atoms with Gasteiger partial charge < -0.3 is 110 Å². The van der Waals surface area contributed by atoms with E-state index in [1.165, 1.54) is 13.6 Å². The van der Waals surface area contributed by atoms with Crippen LogP contribution in [0.4, 0.5) is 0 Å². The van der Waals surface area contributed by atoms with Crippen molar-refractivity contribution in [2.24, 2.45) is 21.7 Å². The summed E-state index contributed by atoms with van der Waals surface area (Å²) in [4.78, 5) is 33.9. The minimum atomic E-state index is -3.10. The number of carbonyl (C=O) groups is 2. The molecule has 0 aliphatic carbocycles. The van der Waals surface area contributed by atoms with Gasteiger partial charge in [0.2, 0.25) is 5.91 Å². The molecule has 22 atom stereocenters. The summed E-state index contributed by atoms with van der Waals surface area (Å²) < 4.78 is 32.9. The molecule has 25 heteroatoms. The molecule has 22 unspecified atom stereocenters. The summed E-state index contributed by atoms with van der Waals surface area (Å²) in [5.41, 5.74) is -3.71. The van der Waals surface area contributed by atoms with Crippen LogP contribution in [-0.2, 0) is 33.1 Å². The fraction of sp³-hybridized carbons (Fsp3) is 0.963. The van der Waals surface area contributed by atoms with E-state index in [9.17, 15) is 85.4 Å². The zero-order valence-corrected chi connectivity index (χ0v) is 52.7. The summed E-state index contributed by atoms with van der Waals surface area (Å²) >= 11 is 0. The van der Waals surface area contributed by atoms with Gasteiger partial charge in [-0.05, 0) is 48.1 Å². The first-order valence-electron chi connectivity index (χ1n) is 26.1. The van der Waals surface area contributed by atoms with E-state index in [2.05, 4.69) is 5.32 Å². The van der Waals surface area contributed by atoms with Crippen molar-refractivity contribution in [2.45, 2.75) is 298 Å². The molecule has 4 saturated heterocycles. The first-order chi connectivity index (χ1) is 33.9. The van der Waals surface area contributed by atoms with E-state index in [4.69, 9.17) is 24.1 Å². The molecule has 79 heavy (non-hydrogen) atoms. The van der Waals surface area contributed by atoms with Gasteiger partial charge in [0, 0.05) is 25.9 Å². The maximum absolute atomic E-state index is 11.8. The number of hydrogen-bond acceptors (Lipinski definition) is 22. The molecule has 4 aliphatic heterocycles. The van der Waals surface area contributed by atoms with Gasteiger partial charge in [-0.15, -0.1) is 0 Å². The zero-order chi connectivity index (χ0) is 60.6. The Morgan fingerprint density at radius 2 is 0.987 bits per heavy atom. The van der Waals surface area contributed by atoms with Crippen molar-refractivity contribution in [3.05, 3.63) is 0 Å². The Bertz CT molecular complexity index is 1750. The van der Waals surface area contributed by atoms with Gasteiger partial charge in [-0.3, -0.25) is 4.79 Å². The fourth-order valence-electron chi connectivity index (χ4n) is 8.66. The quantitative estimate of drug-likeness (QED) is 0.0877. The molecule has 0 aromatic carbocycles. The van der Waals surface area contributed by atoms with Gasteiger partial charge in [0.25, 0.3) is 0 Å². The Kier molecular flexibility index (Phi) is 35.9.